The molecule has 1 heterocycles. The van der Waals surface area contributed by atoms with Crippen molar-refractivity contribution in [2.24, 2.45) is 0 Å². The van der Waals surface area contributed by atoms with Crippen molar-refractivity contribution in [2.45, 2.75) is 32.7 Å². The summed E-state index contributed by atoms with van der Waals surface area (Å²) in [6.45, 7) is 5.92. The summed E-state index contributed by atoms with van der Waals surface area (Å²) < 4.78 is 5.40. The molecule has 0 fully saturated rings. The van der Waals surface area contributed by atoms with Crippen molar-refractivity contribution < 1.29 is 19.4 Å². The van der Waals surface area contributed by atoms with E-state index in [4.69, 9.17) is 4.74 Å². The van der Waals surface area contributed by atoms with Crippen LogP contribution in [0.15, 0.2) is 90.2 Å². The van der Waals surface area contributed by atoms with Crippen molar-refractivity contribution >= 4 is 23.1 Å². The van der Waals surface area contributed by atoms with E-state index >= 15 is 0 Å². The summed E-state index contributed by atoms with van der Waals surface area (Å²) in [5.74, 6) is -0.714. The predicted octanol–water partition coefficient (Wildman–Crippen LogP) is 5.64. The molecule has 1 unspecified atom stereocenters. The SMILES string of the molecule is CCN(CC)c1ccc(N2C(=O)C(O)=C(C(=O)CCc3ccccc3)C2c2cccc(OC)c2)cc1. The molecule has 0 bridgehead atoms. The van der Waals surface area contributed by atoms with E-state index in [9.17, 15) is 14.7 Å². The van der Waals surface area contributed by atoms with Gasteiger partial charge in [0.2, 0.25) is 0 Å². The summed E-state index contributed by atoms with van der Waals surface area (Å²) in [6, 6.07) is 23.9. The molecular weight excluding hydrogens is 452 g/mol. The molecule has 4 rings (SSSR count). The lowest BCUT2D eigenvalue weighted by Gasteiger charge is -2.28. The highest BCUT2D eigenvalue weighted by Gasteiger charge is 2.44. The van der Waals surface area contributed by atoms with E-state index < -0.39 is 17.7 Å². The fourth-order valence-corrected chi connectivity index (χ4v) is 4.73. The van der Waals surface area contributed by atoms with E-state index in [0.717, 1.165) is 24.3 Å². The van der Waals surface area contributed by atoms with Crippen molar-refractivity contribution in [3.63, 3.8) is 0 Å². The summed E-state index contributed by atoms with van der Waals surface area (Å²) >= 11 is 0. The topological polar surface area (TPSA) is 70.1 Å². The number of carbonyl (C=O) groups excluding carboxylic acids is 2. The van der Waals surface area contributed by atoms with Gasteiger partial charge in [0.05, 0.1) is 18.7 Å². The van der Waals surface area contributed by atoms with Gasteiger partial charge in [-0.25, -0.2) is 0 Å². The first-order chi connectivity index (χ1) is 17.5. The number of anilines is 2. The number of nitrogens with zero attached hydrogens (tertiary/aromatic N) is 2. The molecular formula is C30H32N2O4. The Hall–Kier alpha value is -4.06. The minimum Gasteiger partial charge on any atom is -0.503 e. The van der Waals surface area contributed by atoms with Gasteiger partial charge in [0.15, 0.2) is 11.5 Å². The fraction of sp³-hybridized carbons (Fsp3) is 0.267. The maximum atomic E-state index is 13.5. The number of ether oxygens (including phenoxy) is 1. The molecule has 1 aliphatic rings. The van der Waals surface area contributed by atoms with E-state index in [1.807, 2.05) is 72.8 Å². The van der Waals surface area contributed by atoms with Crippen molar-refractivity contribution in [1.29, 1.82) is 0 Å². The Morgan fingerprint density at radius 3 is 2.31 bits per heavy atom. The second-order valence-corrected chi connectivity index (χ2v) is 8.71. The normalized spacial score (nSPS) is 15.4. The van der Waals surface area contributed by atoms with Crippen molar-refractivity contribution in [3.8, 4) is 5.75 Å². The molecule has 36 heavy (non-hydrogen) atoms. The average Bonchev–Trinajstić information content (AvgIpc) is 3.19. The summed E-state index contributed by atoms with van der Waals surface area (Å²) in [5.41, 5.74) is 3.50. The number of rotatable bonds is 10. The van der Waals surface area contributed by atoms with Crippen LogP contribution < -0.4 is 14.5 Å². The highest BCUT2D eigenvalue weighted by molar-refractivity contribution is 6.16. The van der Waals surface area contributed by atoms with Crippen LogP contribution in [0, 0.1) is 0 Å². The molecule has 6 heteroatoms. The van der Waals surface area contributed by atoms with Crippen LogP contribution in [0.3, 0.4) is 0 Å². The van der Waals surface area contributed by atoms with Crippen LogP contribution in [0.1, 0.15) is 37.4 Å². The number of amides is 1. The number of hydrogen-bond acceptors (Lipinski definition) is 5. The molecule has 3 aromatic carbocycles. The summed E-state index contributed by atoms with van der Waals surface area (Å²) in [7, 11) is 1.57. The van der Waals surface area contributed by atoms with Crippen molar-refractivity contribution in [3.05, 3.63) is 101 Å². The number of aryl methyl sites for hydroxylation is 1. The standard InChI is InChI=1S/C30H32N2O4/c1-4-31(5-2)23-15-17-24(18-16-23)32-28(22-12-9-13-25(20-22)36-3)27(29(34)30(32)35)26(33)19-14-21-10-7-6-8-11-21/h6-13,15-18,20,28,34H,4-5,14,19H2,1-3H3. The first kappa shape index (κ1) is 25.0. The Labute approximate surface area is 212 Å². The van der Waals surface area contributed by atoms with E-state index in [1.54, 1.807) is 13.2 Å². The summed E-state index contributed by atoms with van der Waals surface area (Å²) in [6.07, 6.45) is 0.708. The molecule has 0 saturated carbocycles. The van der Waals surface area contributed by atoms with Gasteiger partial charge >= 0.3 is 0 Å². The van der Waals surface area contributed by atoms with Gasteiger partial charge in [-0.1, -0.05) is 42.5 Å². The van der Waals surface area contributed by atoms with Gasteiger partial charge in [-0.15, -0.1) is 0 Å². The molecule has 6 nitrogen and oxygen atoms in total. The molecule has 0 aromatic heterocycles. The fourth-order valence-electron chi connectivity index (χ4n) is 4.73. The maximum Gasteiger partial charge on any atom is 0.294 e. The summed E-state index contributed by atoms with van der Waals surface area (Å²) in [4.78, 5) is 30.6. The van der Waals surface area contributed by atoms with Crippen LogP contribution in [0.5, 0.6) is 5.75 Å². The van der Waals surface area contributed by atoms with Crippen LogP contribution in [0.2, 0.25) is 0 Å². The number of carbonyl (C=O) groups is 2. The molecule has 3 aromatic rings. The van der Waals surface area contributed by atoms with Gasteiger partial charge in [-0.3, -0.25) is 14.5 Å². The van der Waals surface area contributed by atoms with Crippen LogP contribution in [-0.4, -0.2) is 37.0 Å². The van der Waals surface area contributed by atoms with Gasteiger partial charge in [0, 0.05) is 30.9 Å². The zero-order chi connectivity index (χ0) is 25.7. The zero-order valence-corrected chi connectivity index (χ0v) is 21.0. The number of benzene rings is 3. The number of hydrogen-bond donors (Lipinski definition) is 1. The highest BCUT2D eigenvalue weighted by Crippen LogP contribution is 2.42. The Balaban J connectivity index is 1.72. The van der Waals surface area contributed by atoms with E-state index in [2.05, 4.69) is 18.7 Å². The number of Topliss-reactive ketones (excluding diaryl/α,β-unsaturated/α-hetero) is 1. The maximum absolute atomic E-state index is 13.5. The second-order valence-electron chi connectivity index (χ2n) is 8.71. The molecule has 1 N–H and O–H groups in total. The molecule has 186 valence electrons. The zero-order valence-electron chi connectivity index (χ0n) is 21.0. The van der Waals surface area contributed by atoms with E-state index in [-0.39, 0.29) is 17.8 Å². The molecule has 1 aliphatic heterocycles. The van der Waals surface area contributed by atoms with Crippen LogP contribution in [0.25, 0.3) is 0 Å². The molecule has 0 radical (unpaired) electrons. The third-order valence-corrected chi connectivity index (χ3v) is 6.66. The van der Waals surface area contributed by atoms with Crippen LogP contribution in [-0.2, 0) is 16.0 Å². The monoisotopic (exact) mass is 484 g/mol. The number of methoxy groups -OCH3 is 1. The van der Waals surface area contributed by atoms with E-state index in [0.29, 0.717) is 23.4 Å². The van der Waals surface area contributed by atoms with Gasteiger partial charge in [-0.2, -0.15) is 0 Å². The Bertz CT molecular complexity index is 1250. The van der Waals surface area contributed by atoms with Gasteiger partial charge in [0.1, 0.15) is 5.75 Å². The van der Waals surface area contributed by atoms with Crippen molar-refractivity contribution in [1.82, 2.24) is 0 Å². The smallest absolute Gasteiger partial charge is 0.294 e. The number of aliphatic hydroxyl groups is 1. The number of ketones is 1. The van der Waals surface area contributed by atoms with Crippen molar-refractivity contribution in [2.75, 3.05) is 30.0 Å². The quantitative estimate of drug-likeness (QED) is 0.403. The predicted molar refractivity (Wildman–Crippen MR) is 143 cm³/mol. The number of aliphatic hydroxyl groups excluding tert-OH is 1. The summed E-state index contributed by atoms with van der Waals surface area (Å²) in [5, 5.41) is 11.0. The van der Waals surface area contributed by atoms with E-state index in [1.165, 1.54) is 4.90 Å². The first-order valence-corrected chi connectivity index (χ1v) is 12.3. The second kappa shape index (κ2) is 11.1. The Morgan fingerprint density at radius 1 is 0.972 bits per heavy atom. The van der Waals surface area contributed by atoms with Gasteiger partial charge in [-0.05, 0) is 67.8 Å². The van der Waals surface area contributed by atoms with Crippen LogP contribution in [0.4, 0.5) is 11.4 Å². The first-order valence-electron chi connectivity index (χ1n) is 12.3. The highest BCUT2D eigenvalue weighted by atomic mass is 16.5. The lowest BCUT2D eigenvalue weighted by Crippen LogP contribution is -2.31. The molecule has 0 saturated heterocycles. The van der Waals surface area contributed by atoms with Gasteiger partial charge < -0.3 is 14.7 Å². The molecule has 1 atom stereocenters. The third-order valence-electron chi connectivity index (χ3n) is 6.66. The largest absolute Gasteiger partial charge is 0.503 e. The lowest BCUT2D eigenvalue weighted by molar-refractivity contribution is -0.118. The third kappa shape index (κ3) is 4.98. The lowest BCUT2D eigenvalue weighted by atomic mass is 9.93. The Morgan fingerprint density at radius 2 is 1.67 bits per heavy atom. The molecule has 1 amide bonds. The minimum absolute atomic E-state index is 0.122. The molecule has 0 spiro atoms. The minimum atomic E-state index is -0.754. The molecule has 0 aliphatic carbocycles. The van der Waals surface area contributed by atoms with Crippen LogP contribution >= 0.6 is 0 Å². The van der Waals surface area contributed by atoms with Gasteiger partial charge in [0.25, 0.3) is 5.91 Å². The Kier molecular flexibility index (Phi) is 7.74. The average molecular weight is 485 g/mol.